The Morgan fingerprint density at radius 3 is 2.83 bits per heavy atom. The van der Waals surface area contributed by atoms with Crippen LogP contribution in [0.25, 0.3) is 11.8 Å². The van der Waals surface area contributed by atoms with Gasteiger partial charge in [-0.2, -0.15) is 15.1 Å². The smallest absolute Gasteiger partial charge is 0.289 e. The highest BCUT2D eigenvalue weighted by Gasteiger charge is 2.36. The number of hydrogen-bond donors (Lipinski definition) is 1. The average Bonchev–Trinajstić information content (AvgIpc) is 3.47. The van der Waals surface area contributed by atoms with Crippen molar-refractivity contribution in [2.45, 2.75) is 6.92 Å². The lowest BCUT2D eigenvalue weighted by molar-refractivity contribution is -0.384. The molecule has 36 heavy (non-hydrogen) atoms. The molecule has 0 fully saturated rings. The van der Waals surface area contributed by atoms with Gasteiger partial charge in [0.15, 0.2) is 5.84 Å². The number of halogens is 1. The predicted octanol–water partition coefficient (Wildman–Crippen LogP) is 5.05. The molecule has 0 spiro atoms. The van der Waals surface area contributed by atoms with E-state index in [1.807, 2.05) is 31.2 Å². The van der Waals surface area contributed by atoms with Crippen molar-refractivity contribution >= 4 is 57.1 Å². The van der Waals surface area contributed by atoms with Gasteiger partial charge in [-0.1, -0.05) is 23.7 Å². The highest BCUT2D eigenvalue weighted by Crippen LogP contribution is 2.30. The van der Waals surface area contributed by atoms with Gasteiger partial charge in [-0.05, 0) is 66.7 Å². The molecular formula is C24H17ClN6O4S. The van der Waals surface area contributed by atoms with Gasteiger partial charge in [0.05, 0.1) is 16.2 Å². The third kappa shape index (κ3) is 4.53. The van der Waals surface area contributed by atoms with Crippen LogP contribution < -0.4 is 4.74 Å². The number of aryl methyl sites for hydroxylation is 1. The number of aliphatic imine (C=N–C) groups is 1. The predicted molar refractivity (Wildman–Crippen MR) is 139 cm³/mol. The average molecular weight is 521 g/mol. The number of amidine groups is 2. The minimum Gasteiger partial charge on any atom is -0.487 e. The number of fused-ring (bicyclic) bond motifs is 1. The Hall–Kier alpha value is -4.22. The molecule has 5 rings (SSSR count). The number of thioether (sulfide) groups is 1. The van der Waals surface area contributed by atoms with Crippen LogP contribution in [0.5, 0.6) is 5.75 Å². The minimum atomic E-state index is -0.579. The monoisotopic (exact) mass is 520 g/mol. The largest absolute Gasteiger partial charge is 0.487 e. The summed E-state index contributed by atoms with van der Waals surface area (Å²) >= 11 is 7.11. The second-order valence-electron chi connectivity index (χ2n) is 7.81. The van der Waals surface area contributed by atoms with E-state index in [-0.39, 0.29) is 33.9 Å². The van der Waals surface area contributed by atoms with E-state index in [2.05, 4.69) is 10.1 Å². The van der Waals surface area contributed by atoms with E-state index in [1.54, 1.807) is 29.0 Å². The highest BCUT2D eigenvalue weighted by atomic mass is 35.5. The van der Waals surface area contributed by atoms with Gasteiger partial charge in [0.1, 0.15) is 22.4 Å². The van der Waals surface area contributed by atoms with E-state index < -0.39 is 10.8 Å². The van der Waals surface area contributed by atoms with Crippen molar-refractivity contribution < 1.29 is 14.5 Å². The number of carbonyl (C=O) groups is 1. The van der Waals surface area contributed by atoms with Crippen LogP contribution in [0.1, 0.15) is 11.3 Å². The van der Waals surface area contributed by atoms with Crippen LogP contribution in [0.2, 0.25) is 5.02 Å². The van der Waals surface area contributed by atoms with Gasteiger partial charge in [0.25, 0.3) is 11.6 Å². The van der Waals surface area contributed by atoms with Gasteiger partial charge in [-0.25, -0.2) is 0 Å². The Morgan fingerprint density at radius 1 is 1.22 bits per heavy atom. The molecule has 3 aromatic rings. The number of hydrazone groups is 1. The first-order chi connectivity index (χ1) is 17.3. The van der Waals surface area contributed by atoms with Crippen molar-refractivity contribution in [3.8, 4) is 11.4 Å². The van der Waals surface area contributed by atoms with Gasteiger partial charge in [0, 0.05) is 18.0 Å². The molecule has 2 aliphatic rings. The lowest BCUT2D eigenvalue weighted by Crippen LogP contribution is -2.35. The first-order valence-corrected chi connectivity index (χ1v) is 11.8. The summed E-state index contributed by atoms with van der Waals surface area (Å²) in [5.41, 5.74) is 1.87. The number of rotatable bonds is 6. The summed E-state index contributed by atoms with van der Waals surface area (Å²) in [6.45, 7) is 2.14. The summed E-state index contributed by atoms with van der Waals surface area (Å²) in [5.74, 6) is -0.0115. The molecule has 180 valence electrons. The fourth-order valence-electron chi connectivity index (χ4n) is 3.63. The number of hydrogen-bond acceptors (Lipinski definition) is 7. The number of carbonyl (C=O) groups excluding carboxylic acids is 1. The normalized spacial score (nSPS) is 16.2. The first-order valence-electron chi connectivity index (χ1n) is 10.6. The summed E-state index contributed by atoms with van der Waals surface area (Å²) in [6, 6.07) is 15.5. The molecule has 1 N–H and O–H groups in total. The molecule has 0 aliphatic carbocycles. The third-order valence-electron chi connectivity index (χ3n) is 5.33. The number of nitrogens with zero attached hydrogens (tertiary/aromatic N) is 5. The Morgan fingerprint density at radius 2 is 2.06 bits per heavy atom. The lowest BCUT2D eigenvalue weighted by Gasteiger charge is -2.20. The molecule has 12 heteroatoms. The van der Waals surface area contributed by atoms with Gasteiger partial charge in [0.2, 0.25) is 5.17 Å². The zero-order valence-corrected chi connectivity index (χ0v) is 20.3. The van der Waals surface area contributed by atoms with Crippen molar-refractivity contribution in [1.82, 2.24) is 9.58 Å². The molecule has 10 nitrogen and oxygen atoms in total. The summed E-state index contributed by atoms with van der Waals surface area (Å²) < 4.78 is 7.44. The Bertz CT molecular complexity index is 1530. The number of nitro groups is 1. The van der Waals surface area contributed by atoms with Crippen LogP contribution in [-0.2, 0) is 4.79 Å². The Balaban J connectivity index is 1.40. The molecule has 0 saturated heterocycles. The number of nitrogens with one attached hydrogen (secondary N) is 1. The maximum absolute atomic E-state index is 12.8. The molecule has 2 aliphatic heterocycles. The SMILES string of the molecule is Cc1cccc(OCC2=NN3C(=N)/C(=C/c4cccn4-c4ccc(Cl)c([N+](=O)[O-])c4)C(=O)N=C3S2)c1. The van der Waals surface area contributed by atoms with Crippen molar-refractivity contribution in [3.05, 3.63) is 92.8 Å². The quantitative estimate of drug-likeness (QED) is 0.275. The van der Waals surface area contributed by atoms with Crippen LogP contribution in [0.3, 0.4) is 0 Å². The third-order valence-corrected chi connectivity index (χ3v) is 6.53. The van der Waals surface area contributed by atoms with E-state index in [0.29, 0.717) is 22.2 Å². The molecule has 0 radical (unpaired) electrons. The number of ether oxygens (including phenoxy) is 1. The summed E-state index contributed by atoms with van der Waals surface area (Å²) in [6.07, 6.45) is 3.20. The van der Waals surface area contributed by atoms with E-state index in [1.165, 1.54) is 35.0 Å². The van der Waals surface area contributed by atoms with Crippen LogP contribution in [0, 0.1) is 22.4 Å². The molecule has 3 heterocycles. The second-order valence-corrected chi connectivity index (χ2v) is 9.26. The van der Waals surface area contributed by atoms with Gasteiger partial charge >= 0.3 is 0 Å². The molecule has 1 amide bonds. The number of aromatic nitrogens is 1. The molecular weight excluding hydrogens is 504 g/mol. The van der Waals surface area contributed by atoms with Gasteiger partial charge in [-0.15, -0.1) is 0 Å². The number of nitro benzene ring substituents is 1. The summed E-state index contributed by atoms with van der Waals surface area (Å²) in [4.78, 5) is 27.6. The van der Waals surface area contributed by atoms with E-state index in [4.69, 9.17) is 21.7 Å². The first kappa shape index (κ1) is 23.5. The standard InChI is InChI=1S/C24H17ClN6O4S/c1-14-4-2-6-17(10-14)35-13-21-28-30-22(26)18(23(32)27-24(30)36-21)11-15-5-3-9-29(15)16-7-8-19(25)20(12-16)31(33)34/h2-12,26H,13H2,1H3/b18-11-,26-22?. The van der Waals surface area contributed by atoms with E-state index in [9.17, 15) is 14.9 Å². The maximum Gasteiger partial charge on any atom is 0.289 e. The molecule has 0 unspecified atom stereocenters. The van der Waals surface area contributed by atoms with Crippen LogP contribution >= 0.6 is 23.4 Å². The van der Waals surface area contributed by atoms with Crippen LogP contribution in [-0.4, -0.2) is 43.1 Å². The molecule has 0 bridgehead atoms. The molecule has 2 aromatic carbocycles. The fraction of sp³-hybridized carbons (Fsp3) is 0.0833. The number of amides is 1. The van der Waals surface area contributed by atoms with Crippen LogP contribution in [0.4, 0.5) is 5.69 Å². The lowest BCUT2D eigenvalue weighted by atomic mass is 10.1. The molecule has 1 aromatic heterocycles. The van der Waals surface area contributed by atoms with Gasteiger partial charge in [-0.3, -0.25) is 20.3 Å². The Labute approximate surface area is 214 Å². The topological polar surface area (TPSA) is 126 Å². The Kier molecular flexibility index (Phi) is 6.17. The van der Waals surface area contributed by atoms with Crippen molar-refractivity contribution in [3.63, 3.8) is 0 Å². The zero-order chi connectivity index (χ0) is 25.4. The summed E-state index contributed by atoms with van der Waals surface area (Å²) in [5, 5.41) is 26.5. The van der Waals surface area contributed by atoms with Crippen molar-refractivity contribution in [2.24, 2.45) is 10.1 Å². The minimum absolute atomic E-state index is 0.0218. The van der Waals surface area contributed by atoms with Crippen LogP contribution in [0.15, 0.2) is 76.5 Å². The highest BCUT2D eigenvalue weighted by molar-refractivity contribution is 8.27. The van der Waals surface area contributed by atoms with Gasteiger partial charge < -0.3 is 9.30 Å². The molecule has 0 atom stereocenters. The fourth-order valence-corrected chi connectivity index (χ4v) is 4.61. The number of benzene rings is 2. The van der Waals surface area contributed by atoms with E-state index >= 15 is 0 Å². The van der Waals surface area contributed by atoms with Crippen molar-refractivity contribution in [2.75, 3.05) is 6.61 Å². The van der Waals surface area contributed by atoms with E-state index in [0.717, 1.165) is 5.56 Å². The maximum atomic E-state index is 12.8. The summed E-state index contributed by atoms with van der Waals surface area (Å²) in [7, 11) is 0. The second kappa shape index (κ2) is 9.44. The zero-order valence-electron chi connectivity index (χ0n) is 18.7. The van der Waals surface area contributed by atoms with Crippen molar-refractivity contribution in [1.29, 1.82) is 5.41 Å². The molecule has 0 saturated carbocycles.